The molecule has 184 valence electrons. The lowest BCUT2D eigenvalue weighted by Crippen LogP contribution is -2.05. The van der Waals surface area contributed by atoms with Crippen LogP contribution in [-0.2, 0) is 24.1 Å². The zero-order chi connectivity index (χ0) is 25.3. The SMILES string of the molecule is CCc1cc(-c2ccccc2)c(O)cc1OCCCc1cc(-c2ccccc2)ccc1CCC(=O)O. The highest BCUT2D eigenvalue weighted by Gasteiger charge is 2.12. The molecular formula is C32H32O4. The van der Waals surface area contributed by atoms with E-state index >= 15 is 0 Å². The number of hydrogen-bond donors (Lipinski definition) is 2. The molecule has 4 rings (SSSR count). The second kappa shape index (κ2) is 12.1. The molecule has 0 saturated carbocycles. The lowest BCUT2D eigenvalue weighted by Gasteiger charge is -2.15. The first-order valence-corrected chi connectivity index (χ1v) is 12.5. The first-order chi connectivity index (χ1) is 17.5. The number of hydrogen-bond acceptors (Lipinski definition) is 3. The van der Waals surface area contributed by atoms with E-state index in [9.17, 15) is 9.90 Å². The van der Waals surface area contributed by atoms with Crippen LogP contribution in [0.2, 0.25) is 0 Å². The largest absolute Gasteiger partial charge is 0.507 e. The monoisotopic (exact) mass is 480 g/mol. The van der Waals surface area contributed by atoms with Crippen LogP contribution in [-0.4, -0.2) is 22.8 Å². The van der Waals surface area contributed by atoms with Gasteiger partial charge in [-0.05, 0) is 65.1 Å². The Balaban J connectivity index is 1.46. The highest BCUT2D eigenvalue weighted by Crippen LogP contribution is 2.36. The first kappa shape index (κ1) is 25.1. The molecule has 0 fully saturated rings. The van der Waals surface area contributed by atoms with Crippen LogP contribution in [0, 0.1) is 0 Å². The molecular weight excluding hydrogens is 448 g/mol. The van der Waals surface area contributed by atoms with Gasteiger partial charge in [0.1, 0.15) is 11.5 Å². The van der Waals surface area contributed by atoms with Crippen molar-refractivity contribution in [1.29, 1.82) is 0 Å². The van der Waals surface area contributed by atoms with Gasteiger partial charge in [-0.3, -0.25) is 4.79 Å². The van der Waals surface area contributed by atoms with Crippen LogP contribution < -0.4 is 4.74 Å². The summed E-state index contributed by atoms with van der Waals surface area (Å²) in [5.74, 6) is 0.126. The predicted octanol–water partition coefficient (Wildman–Crippen LogP) is 7.32. The summed E-state index contributed by atoms with van der Waals surface area (Å²) in [6.07, 6.45) is 2.98. The normalized spacial score (nSPS) is 10.8. The van der Waals surface area contributed by atoms with E-state index in [2.05, 4.69) is 37.3 Å². The Labute approximate surface area is 212 Å². The van der Waals surface area contributed by atoms with Gasteiger partial charge in [-0.25, -0.2) is 0 Å². The topological polar surface area (TPSA) is 66.8 Å². The summed E-state index contributed by atoms with van der Waals surface area (Å²) in [4.78, 5) is 11.2. The number of aliphatic carboxylic acids is 1. The van der Waals surface area contributed by atoms with Gasteiger partial charge in [0.2, 0.25) is 0 Å². The minimum Gasteiger partial charge on any atom is -0.507 e. The van der Waals surface area contributed by atoms with Gasteiger partial charge in [-0.15, -0.1) is 0 Å². The third-order valence-electron chi connectivity index (χ3n) is 6.41. The number of aryl methyl sites for hydroxylation is 3. The zero-order valence-corrected chi connectivity index (χ0v) is 20.6. The van der Waals surface area contributed by atoms with Gasteiger partial charge < -0.3 is 14.9 Å². The van der Waals surface area contributed by atoms with Crippen LogP contribution in [0.4, 0.5) is 0 Å². The van der Waals surface area contributed by atoms with Gasteiger partial charge in [0.05, 0.1) is 6.61 Å². The van der Waals surface area contributed by atoms with Gasteiger partial charge in [-0.1, -0.05) is 85.8 Å². The maximum atomic E-state index is 11.2. The summed E-state index contributed by atoms with van der Waals surface area (Å²) in [6, 6.07) is 30.1. The number of phenolic OH excluding ortho intramolecular Hbond substituents is 1. The van der Waals surface area contributed by atoms with E-state index in [0.717, 1.165) is 58.2 Å². The number of carboxylic acid groups (broad SMARTS) is 1. The van der Waals surface area contributed by atoms with Crippen LogP contribution >= 0.6 is 0 Å². The fraction of sp³-hybridized carbons (Fsp3) is 0.219. The maximum Gasteiger partial charge on any atom is 0.303 e. The molecule has 0 heterocycles. The first-order valence-electron chi connectivity index (χ1n) is 12.5. The minimum absolute atomic E-state index is 0.112. The van der Waals surface area contributed by atoms with E-state index in [4.69, 9.17) is 9.84 Å². The Kier molecular flexibility index (Phi) is 8.40. The fourth-order valence-electron chi connectivity index (χ4n) is 4.47. The molecule has 4 nitrogen and oxygen atoms in total. The number of aromatic hydroxyl groups is 1. The standard InChI is InChI=1S/C32H32O4/c1-2-23-21-29(26-12-7-4-8-13-26)30(33)22-31(23)36-19-9-14-27-20-28(24-10-5-3-6-11-24)16-15-25(27)17-18-32(34)35/h3-8,10-13,15-16,20-22,33H,2,9,14,17-19H2,1H3,(H,34,35). The van der Waals surface area contributed by atoms with Crippen molar-refractivity contribution < 1.29 is 19.7 Å². The molecule has 0 aliphatic carbocycles. The Morgan fingerprint density at radius 2 is 1.44 bits per heavy atom. The number of phenols is 1. The quantitative estimate of drug-likeness (QED) is 0.221. The summed E-state index contributed by atoms with van der Waals surface area (Å²) in [7, 11) is 0. The molecule has 0 unspecified atom stereocenters. The van der Waals surface area contributed by atoms with Gasteiger partial charge >= 0.3 is 5.97 Å². The Hall–Kier alpha value is -4.05. The van der Waals surface area contributed by atoms with Crippen molar-refractivity contribution in [1.82, 2.24) is 0 Å². The number of rotatable bonds is 11. The van der Waals surface area contributed by atoms with E-state index in [1.165, 1.54) is 0 Å². The lowest BCUT2D eigenvalue weighted by atomic mass is 9.94. The van der Waals surface area contributed by atoms with Crippen LogP contribution in [0.1, 0.15) is 36.5 Å². The molecule has 0 radical (unpaired) electrons. The molecule has 4 heteroatoms. The van der Waals surface area contributed by atoms with Gasteiger partial charge in [0, 0.05) is 18.1 Å². The van der Waals surface area contributed by atoms with Crippen molar-refractivity contribution >= 4 is 5.97 Å². The molecule has 4 aromatic carbocycles. The molecule has 0 saturated heterocycles. The number of ether oxygens (including phenoxy) is 1. The second-order valence-electron chi connectivity index (χ2n) is 8.89. The van der Waals surface area contributed by atoms with E-state index in [1.807, 2.05) is 54.6 Å². The van der Waals surface area contributed by atoms with Crippen molar-refractivity contribution in [2.45, 2.75) is 39.0 Å². The van der Waals surface area contributed by atoms with Gasteiger partial charge in [-0.2, -0.15) is 0 Å². The maximum absolute atomic E-state index is 11.2. The summed E-state index contributed by atoms with van der Waals surface area (Å²) in [6.45, 7) is 2.59. The molecule has 0 aliphatic rings. The fourth-order valence-corrected chi connectivity index (χ4v) is 4.47. The highest BCUT2D eigenvalue weighted by molar-refractivity contribution is 5.72. The molecule has 0 amide bonds. The van der Waals surface area contributed by atoms with E-state index < -0.39 is 5.97 Å². The molecule has 0 aliphatic heterocycles. The van der Waals surface area contributed by atoms with Crippen molar-refractivity contribution in [3.8, 4) is 33.8 Å². The molecule has 0 atom stereocenters. The molecule has 0 spiro atoms. The number of benzene rings is 4. The van der Waals surface area contributed by atoms with E-state index in [1.54, 1.807) is 6.07 Å². The van der Waals surface area contributed by atoms with Crippen LogP contribution in [0.25, 0.3) is 22.3 Å². The third kappa shape index (κ3) is 6.33. The molecule has 0 bridgehead atoms. The summed E-state index contributed by atoms with van der Waals surface area (Å²) < 4.78 is 6.12. The smallest absolute Gasteiger partial charge is 0.303 e. The summed E-state index contributed by atoms with van der Waals surface area (Å²) >= 11 is 0. The second-order valence-corrected chi connectivity index (χ2v) is 8.89. The van der Waals surface area contributed by atoms with Crippen molar-refractivity contribution in [2.24, 2.45) is 0 Å². The van der Waals surface area contributed by atoms with E-state index in [0.29, 0.717) is 18.8 Å². The van der Waals surface area contributed by atoms with Gasteiger partial charge in [0.15, 0.2) is 0 Å². The summed E-state index contributed by atoms with van der Waals surface area (Å²) in [5.41, 5.74) is 7.32. The predicted molar refractivity (Wildman–Crippen MR) is 145 cm³/mol. The highest BCUT2D eigenvalue weighted by atomic mass is 16.5. The molecule has 2 N–H and O–H groups in total. The van der Waals surface area contributed by atoms with Crippen LogP contribution in [0.15, 0.2) is 91.0 Å². The Morgan fingerprint density at radius 1 is 0.750 bits per heavy atom. The van der Waals surface area contributed by atoms with Crippen molar-refractivity contribution in [3.05, 3.63) is 108 Å². The van der Waals surface area contributed by atoms with Gasteiger partial charge in [0.25, 0.3) is 0 Å². The molecule has 4 aromatic rings. The molecule has 36 heavy (non-hydrogen) atoms. The van der Waals surface area contributed by atoms with Crippen LogP contribution in [0.3, 0.4) is 0 Å². The Bertz CT molecular complexity index is 1300. The van der Waals surface area contributed by atoms with E-state index in [-0.39, 0.29) is 12.2 Å². The van der Waals surface area contributed by atoms with Crippen LogP contribution in [0.5, 0.6) is 11.5 Å². The van der Waals surface area contributed by atoms with Crippen molar-refractivity contribution in [2.75, 3.05) is 6.61 Å². The average Bonchev–Trinajstić information content (AvgIpc) is 2.91. The minimum atomic E-state index is -0.790. The molecule has 0 aromatic heterocycles. The third-order valence-corrected chi connectivity index (χ3v) is 6.41. The summed E-state index contributed by atoms with van der Waals surface area (Å²) in [5, 5.41) is 19.8. The zero-order valence-electron chi connectivity index (χ0n) is 20.6. The Morgan fingerprint density at radius 3 is 2.11 bits per heavy atom. The lowest BCUT2D eigenvalue weighted by molar-refractivity contribution is -0.136. The average molecular weight is 481 g/mol. The number of carbonyl (C=O) groups is 1. The number of carboxylic acids is 1. The van der Waals surface area contributed by atoms with Crippen molar-refractivity contribution in [3.63, 3.8) is 0 Å².